The molecular weight excluding hydrogens is 409 g/mol. The van der Waals surface area contributed by atoms with Crippen LogP contribution >= 0.6 is 0 Å². The van der Waals surface area contributed by atoms with Gasteiger partial charge in [-0.25, -0.2) is 12.8 Å². The summed E-state index contributed by atoms with van der Waals surface area (Å²) in [7, 11) is -2.50. The lowest BCUT2D eigenvalue weighted by atomic mass is 10.1. The van der Waals surface area contributed by atoms with Gasteiger partial charge in [0.2, 0.25) is 21.8 Å². The van der Waals surface area contributed by atoms with Crippen molar-refractivity contribution in [2.75, 3.05) is 24.2 Å². The summed E-state index contributed by atoms with van der Waals surface area (Å²) >= 11 is 0. The van der Waals surface area contributed by atoms with Crippen molar-refractivity contribution in [3.63, 3.8) is 0 Å². The van der Waals surface area contributed by atoms with Crippen LogP contribution < -0.4 is 9.62 Å². The van der Waals surface area contributed by atoms with Gasteiger partial charge in [0.25, 0.3) is 0 Å². The predicted molar refractivity (Wildman–Crippen MR) is 114 cm³/mol. The molecule has 0 aliphatic heterocycles. The third-order valence-electron chi connectivity index (χ3n) is 4.69. The summed E-state index contributed by atoms with van der Waals surface area (Å²) in [6.45, 7) is 2.95. The van der Waals surface area contributed by atoms with Crippen LogP contribution in [-0.4, -0.2) is 51.0 Å². The van der Waals surface area contributed by atoms with E-state index in [1.54, 1.807) is 6.92 Å². The molecule has 0 spiro atoms. The van der Waals surface area contributed by atoms with E-state index in [9.17, 15) is 22.4 Å². The highest BCUT2D eigenvalue weighted by Crippen LogP contribution is 2.22. The summed E-state index contributed by atoms with van der Waals surface area (Å²) in [5, 5.41) is 2.49. The van der Waals surface area contributed by atoms with Crippen molar-refractivity contribution in [2.45, 2.75) is 26.4 Å². The normalized spacial score (nSPS) is 12.2. The monoisotopic (exact) mass is 435 g/mol. The Morgan fingerprint density at radius 2 is 1.70 bits per heavy atom. The topological polar surface area (TPSA) is 86.8 Å². The number of halogens is 1. The van der Waals surface area contributed by atoms with Crippen molar-refractivity contribution in [1.29, 1.82) is 0 Å². The molecule has 0 radical (unpaired) electrons. The van der Waals surface area contributed by atoms with Gasteiger partial charge in [-0.1, -0.05) is 42.0 Å². The van der Waals surface area contributed by atoms with Crippen LogP contribution in [0.4, 0.5) is 10.1 Å². The van der Waals surface area contributed by atoms with E-state index in [0.29, 0.717) is 4.31 Å². The first-order valence-corrected chi connectivity index (χ1v) is 11.2. The number of hydrogen-bond donors (Lipinski definition) is 1. The number of anilines is 1. The molecule has 2 rings (SSSR count). The molecule has 162 valence electrons. The van der Waals surface area contributed by atoms with Crippen LogP contribution in [0.25, 0.3) is 0 Å². The Balaban J connectivity index is 2.38. The predicted octanol–water partition coefficient (Wildman–Crippen LogP) is 2.06. The second-order valence-corrected chi connectivity index (χ2v) is 8.93. The lowest BCUT2D eigenvalue weighted by molar-refractivity contribution is -0.139. The first-order chi connectivity index (χ1) is 14.0. The van der Waals surface area contributed by atoms with Crippen molar-refractivity contribution in [2.24, 2.45) is 0 Å². The van der Waals surface area contributed by atoms with E-state index in [1.807, 2.05) is 31.2 Å². The van der Waals surface area contributed by atoms with Crippen LogP contribution in [0.3, 0.4) is 0 Å². The lowest BCUT2D eigenvalue weighted by Gasteiger charge is -2.31. The minimum atomic E-state index is -3.95. The molecule has 0 aliphatic rings. The summed E-state index contributed by atoms with van der Waals surface area (Å²) in [4.78, 5) is 26.6. The minimum Gasteiger partial charge on any atom is -0.357 e. The highest BCUT2D eigenvalue weighted by Gasteiger charge is 2.30. The minimum absolute atomic E-state index is 0.0998. The molecule has 2 aromatic carbocycles. The number of carbonyl (C=O) groups excluding carboxylic acids is 2. The maximum absolute atomic E-state index is 14.3. The van der Waals surface area contributed by atoms with Crippen molar-refractivity contribution in [1.82, 2.24) is 10.2 Å². The molecule has 0 aliphatic carbocycles. The Kier molecular flexibility index (Phi) is 7.55. The zero-order valence-electron chi connectivity index (χ0n) is 17.4. The summed E-state index contributed by atoms with van der Waals surface area (Å²) in [5.41, 5.74) is 1.59. The molecule has 0 fully saturated rings. The first kappa shape index (κ1) is 23.3. The number of sulfonamides is 1. The molecule has 7 nitrogen and oxygen atoms in total. The first-order valence-electron chi connectivity index (χ1n) is 9.33. The Morgan fingerprint density at radius 1 is 1.10 bits per heavy atom. The van der Waals surface area contributed by atoms with E-state index in [1.165, 1.54) is 30.1 Å². The van der Waals surface area contributed by atoms with Gasteiger partial charge in [-0.3, -0.25) is 13.9 Å². The van der Waals surface area contributed by atoms with Crippen LogP contribution in [0.1, 0.15) is 18.1 Å². The highest BCUT2D eigenvalue weighted by atomic mass is 32.2. The maximum atomic E-state index is 14.3. The molecule has 1 unspecified atom stereocenters. The number of aryl methyl sites for hydroxylation is 1. The Hall–Kier alpha value is -2.94. The zero-order valence-corrected chi connectivity index (χ0v) is 18.2. The number of hydrogen-bond acceptors (Lipinski definition) is 4. The molecule has 0 saturated heterocycles. The molecule has 0 saturated carbocycles. The van der Waals surface area contributed by atoms with Crippen LogP contribution in [0, 0.1) is 12.7 Å². The van der Waals surface area contributed by atoms with Gasteiger partial charge in [0.05, 0.1) is 11.9 Å². The highest BCUT2D eigenvalue weighted by molar-refractivity contribution is 7.92. The van der Waals surface area contributed by atoms with Gasteiger partial charge in [-0.2, -0.15) is 0 Å². The number of carbonyl (C=O) groups is 2. The SMILES string of the molecule is CNC(=O)C(C)N(Cc1ccc(C)cc1)C(=O)CN(c1ccccc1F)S(C)(=O)=O. The molecule has 2 amide bonds. The number of nitrogens with zero attached hydrogens (tertiary/aromatic N) is 2. The van der Waals surface area contributed by atoms with Crippen LogP contribution in [0.5, 0.6) is 0 Å². The average Bonchev–Trinajstić information content (AvgIpc) is 2.70. The Morgan fingerprint density at radius 3 is 2.23 bits per heavy atom. The zero-order chi connectivity index (χ0) is 22.5. The van der Waals surface area contributed by atoms with Gasteiger partial charge in [-0.05, 0) is 31.5 Å². The van der Waals surface area contributed by atoms with E-state index < -0.39 is 40.2 Å². The van der Waals surface area contributed by atoms with Crippen LogP contribution in [0.15, 0.2) is 48.5 Å². The molecule has 2 aromatic rings. The fraction of sp³-hybridized carbons (Fsp3) is 0.333. The largest absolute Gasteiger partial charge is 0.357 e. The van der Waals surface area contributed by atoms with E-state index in [2.05, 4.69) is 5.32 Å². The van der Waals surface area contributed by atoms with Gasteiger partial charge in [0.1, 0.15) is 18.4 Å². The summed E-state index contributed by atoms with van der Waals surface area (Å²) < 4.78 is 39.6. The van der Waals surface area contributed by atoms with E-state index in [0.717, 1.165) is 23.4 Å². The van der Waals surface area contributed by atoms with Gasteiger partial charge in [0.15, 0.2) is 0 Å². The van der Waals surface area contributed by atoms with E-state index in [-0.39, 0.29) is 12.2 Å². The Labute approximate surface area is 176 Å². The Bertz CT molecular complexity index is 1010. The van der Waals surface area contributed by atoms with Gasteiger partial charge < -0.3 is 10.2 Å². The second-order valence-electron chi connectivity index (χ2n) is 7.02. The summed E-state index contributed by atoms with van der Waals surface area (Å²) in [5.74, 6) is -1.78. The van der Waals surface area contributed by atoms with Crippen molar-refractivity contribution < 1.29 is 22.4 Å². The molecular formula is C21H26FN3O4S. The van der Waals surface area contributed by atoms with Crippen molar-refractivity contribution in [3.05, 3.63) is 65.5 Å². The summed E-state index contributed by atoms with van der Waals surface area (Å²) in [6, 6.07) is 11.9. The smallest absolute Gasteiger partial charge is 0.244 e. The van der Waals surface area contributed by atoms with Crippen molar-refractivity contribution >= 4 is 27.5 Å². The standard InChI is InChI=1S/C21H26FN3O4S/c1-15-9-11-17(12-10-15)13-24(16(2)21(27)23-3)20(26)14-25(30(4,28)29)19-8-6-5-7-18(19)22/h5-12,16H,13-14H2,1-4H3,(H,23,27). The number of para-hydroxylation sites is 1. The van der Waals surface area contributed by atoms with Gasteiger partial charge in [-0.15, -0.1) is 0 Å². The average molecular weight is 436 g/mol. The molecule has 0 heterocycles. The second kappa shape index (κ2) is 9.71. The van der Waals surface area contributed by atoms with E-state index >= 15 is 0 Å². The van der Waals surface area contributed by atoms with Crippen LogP contribution in [0.2, 0.25) is 0 Å². The molecule has 1 atom stereocenters. The number of amides is 2. The van der Waals surface area contributed by atoms with Crippen molar-refractivity contribution in [3.8, 4) is 0 Å². The third-order valence-corrected chi connectivity index (χ3v) is 5.81. The number of likely N-dealkylation sites (N-methyl/N-ethyl adjacent to an activating group) is 1. The van der Waals surface area contributed by atoms with E-state index in [4.69, 9.17) is 0 Å². The van der Waals surface area contributed by atoms with Gasteiger partial charge in [0, 0.05) is 13.6 Å². The number of benzene rings is 2. The maximum Gasteiger partial charge on any atom is 0.244 e. The third kappa shape index (κ3) is 5.79. The molecule has 30 heavy (non-hydrogen) atoms. The quantitative estimate of drug-likeness (QED) is 0.688. The molecule has 0 aromatic heterocycles. The molecule has 0 bridgehead atoms. The number of nitrogens with one attached hydrogen (secondary N) is 1. The lowest BCUT2D eigenvalue weighted by Crippen LogP contribution is -2.50. The summed E-state index contributed by atoms with van der Waals surface area (Å²) in [6.07, 6.45) is 0.902. The number of rotatable bonds is 8. The molecule has 1 N–H and O–H groups in total. The van der Waals surface area contributed by atoms with Crippen LogP contribution in [-0.2, 0) is 26.2 Å². The van der Waals surface area contributed by atoms with Gasteiger partial charge >= 0.3 is 0 Å². The molecule has 9 heteroatoms. The fourth-order valence-corrected chi connectivity index (χ4v) is 3.78. The fourth-order valence-electron chi connectivity index (χ4n) is 2.93.